The minimum Gasteiger partial charge on any atom is -0.481 e. The zero-order chi connectivity index (χ0) is 34.9. The predicted octanol–water partition coefficient (Wildman–Crippen LogP) is 12.2. The Morgan fingerprint density at radius 1 is 0.957 bits per heavy atom. The SMILES string of the molecule is C=C(NC)C(CCC)(CCC)Oc1ccc(Cl)cc1C(C/C(C)=C/C)[C@](C)(c1ccc(Cl)cc1NC=O)C(C)c1cc(Cl)ccc1C. The fourth-order valence-electron chi connectivity index (χ4n) is 7.10. The standard InChI is InChI=1S/C40H51Cl3N2O2/c1-10-19-40(20-11-2,29(7)44-9)47-38-18-16-31(42)23-34(38)36(21-26(4)12-3)39(8,28(6)33-22-30(41)14-13-27(33)5)35-17-15-32(43)24-37(35)45-25-46/h12-18,22-25,28,36,44H,7,10-11,19-21H2,1-6,8-9H3,(H,45,46)/b26-12+/t28?,36?,39-/m0/s1. The fraction of sp³-hybridized carbons (Fsp3) is 0.425. The van der Waals surface area contributed by atoms with Crippen molar-refractivity contribution in [2.24, 2.45) is 0 Å². The van der Waals surface area contributed by atoms with E-state index in [-0.39, 0.29) is 11.8 Å². The summed E-state index contributed by atoms with van der Waals surface area (Å²) in [6.45, 7) is 19.6. The third-order valence-electron chi connectivity index (χ3n) is 9.94. The Morgan fingerprint density at radius 3 is 2.11 bits per heavy atom. The van der Waals surface area contributed by atoms with Crippen LogP contribution in [0, 0.1) is 6.92 Å². The number of ether oxygens (including phenoxy) is 1. The van der Waals surface area contributed by atoms with Crippen molar-refractivity contribution in [3.63, 3.8) is 0 Å². The van der Waals surface area contributed by atoms with Crippen molar-refractivity contribution >= 4 is 46.9 Å². The molecule has 0 fully saturated rings. The smallest absolute Gasteiger partial charge is 0.211 e. The topological polar surface area (TPSA) is 50.4 Å². The van der Waals surface area contributed by atoms with E-state index in [2.05, 4.69) is 83.9 Å². The summed E-state index contributed by atoms with van der Waals surface area (Å²) in [4.78, 5) is 12.0. The number of halogens is 3. The summed E-state index contributed by atoms with van der Waals surface area (Å²) in [5, 5.41) is 8.10. The lowest BCUT2D eigenvalue weighted by molar-refractivity contribution is -0.105. The summed E-state index contributed by atoms with van der Waals surface area (Å²) >= 11 is 20.0. The molecule has 0 heterocycles. The number of anilines is 1. The molecule has 254 valence electrons. The number of aryl methyl sites for hydroxylation is 1. The van der Waals surface area contributed by atoms with Gasteiger partial charge in [0.15, 0.2) is 0 Å². The quantitative estimate of drug-likeness (QED) is 0.109. The van der Waals surface area contributed by atoms with Gasteiger partial charge in [0.25, 0.3) is 0 Å². The molecule has 0 saturated heterocycles. The van der Waals surface area contributed by atoms with Crippen LogP contribution in [0.1, 0.15) is 108 Å². The summed E-state index contributed by atoms with van der Waals surface area (Å²) in [6.07, 6.45) is 7.04. The van der Waals surface area contributed by atoms with Gasteiger partial charge < -0.3 is 15.4 Å². The van der Waals surface area contributed by atoms with Crippen LogP contribution in [0.2, 0.25) is 15.1 Å². The maximum Gasteiger partial charge on any atom is 0.211 e. The Bertz CT molecular complexity index is 1580. The van der Waals surface area contributed by atoms with Gasteiger partial charge in [0.05, 0.1) is 0 Å². The molecule has 2 N–H and O–H groups in total. The summed E-state index contributed by atoms with van der Waals surface area (Å²) in [5.41, 5.74) is 5.66. The average molecular weight is 698 g/mol. The number of carbonyl (C=O) groups excluding carboxylic acids is 1. The van der Waals surface area contributed by atoms with Crippen LogP contribution in [0.5, 0.6) is 5.75 Å². The highest BCUT2D eigenvalue weighted by atomic mass is 35.5. The van der Waals surface area contributed by atoms with Crippen LogP contribution in [0.25, 0.3) is 0 Å². The van der Waals surface area contributed by atoms with Gasteiger partial charge in [0, 0.05) is 44.8 Å². The molecular formula is C40H51Cl3N2O2. The molecule has 0 radical (unpaired) electrons. The number of rotatable bonds is 17. The van der Waals surface area contributed by atoms with Crippen LogP contribution >= 0.6 is 34.8 Å². The Kier molecular flexibility index (Phi) is 13.9. The van der Waals surface area contributed by atoms with Crippen molar-refractivity contribution in [2.45, 2.75) is 103 Å². The van der Waals surface area contributed by atoms with Crippen molar-refractivity contribution in [1.82, 2.24) is 5.32 Å². The van der Waals surface area contributed by atoms with E-state index in [1.807, 2.05) is 49.5 Å². The molecule has 3 aromatic rings. The molecule has 0 aliphatic rings. The minimum absolute atomic E-state index is 0.0839. The first-order valence-corrected chi connectivity index (χ1v) is 17.7. The van der Waals surface area contributed by atoms with Gasteiger partial charge in [-0.15, -0.1) is 0 Å². The lowest BCUT2D eigenvalue weighted by atomic mass is 9.58. The Balaban J connectivity index is 2.50. The van der Waals surface area contributed by atoms with E-state index in [4.69, 9.17) is 39.5 Å². The lowest BCUT2D eigenvalue weighted by Gasteiger charge is -2.46. The predicted molar refractivity (Wildman–Crippen MR) is 203 cm³/mol. The minimum atomic E-state index is -0.642. The second-order valence-electron chi connectivity index (χ2n) is 12.9. The number of nitrogens with one attached hydrogen (secondary N) is 2. The monoisotopic (exact) mass is 696 g/mol. The number of likely N-dealkylation sites (N-methyl/N-ethyl adjacent to an activating group) is 1. The van der Waals surface area contributed by atoms with E-state index in [0.717, 1.165) is 59.4 Å². The molecule has 0 aliphatic carbocycles. The molecule has 47 heavy (non-hydrogen) atoms. The largest absolute Gasteiger partial charge is 0.481 e. The van der Waals surface area contributed by atoms with E-state index < -0.39 is 11.0 Å². The molecule has 0 spiro atoms. The van der Waals surface area contributed by atoms with E-state index in [1.165, 1.54) is 5.57 Å². The number of hydrogen-bond donors (Lipinski definition) is 2. The van der Waals surface area contributed by atoms with Crippen molar-refractivity contribution in [3.05, 3.63) is 116 Å². The zero-order valence-corrected chi connectivity index (χ0v) is 31.5. The molecule has 0 bridgehead atoms. The fourth-order valence-corrected chi connectivity index (χ4v) is 7.63. The van der Waals surface area contributed by atoms with Gasteiger partial charge in [-0.25, -0.2) is 0 Å². The lowest BCUT2D eigenvalue weighted by Crippen LogP contribution is -2.43. The molecule has 2 unspecified atom stereocenters. The third kappa shape index (κ3) is 8.57. The first kappa shape index (κ1) is 38.5. The van der Waals surface area contributed by atoms with Crippen molar-refractivity contribution in [2.75, 3.05) is 12.4 Å². The summed E-state index contributed by atoms with van der Waals surface area (Å²) in [6, 6.07) is 17.7. The molecule has 0 saturated carbocycles. The van der Waals surface area contributed by atoms with Crippen LogP contribution in [-0.4, -0.2) is 19.1 Å². The summed E-state index contributed by atoms with van der Waals surface area (Å²) in [5.74, 6) is 0.513. The third-order valence-corrected chi connectivity index (χ3v) is 10.6. The van der Waals surface area contributed by atoms with Gasteiger partial charge in [0.1, 0.15) is 11.4 Å². The maximum atomic E-state index is 12.0. The highest BCUT2D eigenvalue weighted by Crippen LogP contribution is 2.56. The molecule has 7 heteroatoms. The molecule has 3 atom stereocenters. The molecule has 4 nitrogen and oxygen atoms in total. The second kappa shape index (κ2) is 17.0. The molecule has 0 aromatic heterocycles. The molecule has 3 rings (SSSR count). The second-order valence-corrected chi connectivity index (χ2v) is 14.2. The van der Waals surface area contributed by atoms with Crippen LogP contribution in [-0.2, 0) is 10.2 Å². The summed E-state index contributed by atoms with van der Waals surface area (Å²) in [7, 11) is 1.90. The normalized spacial score (nSPS) is 14.6. The Hall–Kier alpha value is -2.92. The van der Waals surface area contributed by atoms with Gasteiger partial charge in [0.2, 0.25) is 6.41 Å². The van der Waals surface area contributed by atoms with Crippen molar-refractivity contribution in [1.29, 1.82) is 0 Å². The maximum absolute atomic E-state index is 12.0. The van der Waals surface area contributed by atoms with Gasteiger partial charge in [-0.1, -0.05) is 106 Å². The number of hydrogen-bond acceptors (Lipinski definition) is 3. The number of amides is 1. The van der Waals surface area contributed by atoms with Crippen LogP contribution < -0.4 is 15.4 Å². The van der Waals surface area contributed by atoms with Gasteiger partial charge in [-0.3, -0.25) is 4.79 Å². The van der Waals surface area contributed by atoms with Crippen LogP contribution in [0.15, 0.2) is 78.5 Å². The van der Waals surface area contributed by atoms with E-state index in [1.54, 1.807) is 0 Å². The molecule has 3 aromatic carbocycles. The zero-order valence-electron chi connectivity index (χ0n) is 29.2. The molecule has 1 amide bonds. The summed E-state index contributed by atoms with van der Waals surface area (Å²) < 4.78 is 7.22. The van der Waals surface area contributed by atoms with Crippen LogP contribution in [0.3, 0.4) is 0 Å². The number of allylic oxidation sites excluding steroid dienone is 2. The van der Waals surface area contributed by atoms with Gasteiger partial charge in [-0.2, -0.15) is 0 Å². The number of benzene rings is 3. The average Bonchev–Trinajstić information content (AvgIpc) is 3.04. The van der Waals surface area contributed by atoms with E-state index in [0.29, 0.717) is 33.6 Å². The van der Waals surface area contributed by atoms with Crippen LogP contribution in [0.4, 0.5) is 5.69 Å². The van der Waals surface area contributed by atoms with Gasteiger partial charge >= 0.3 is 0 Å². The highest BCUT2D eigenvalue weighted by Gasteiger charge is 2.46. The Labute approximate surface area is 297 Å². The van der Waals surface area contributed by atoms with E-state index >= 15 is 0 Å². The molecule has 0 aliphatic heterocycles. The first-order valence-electron chi connectivity index (χ1n) is 16.5. The van der Waals surface area contributed by atoms with Crippen molar-refractivity contribution in [3.8, 4) is 5.75 Å². The van der Waals surface area contributed by atoms with E-state index in [9.17, 15) is 4.79 Å². The van der Waals surface area contributed by atoms with Gasteiger partial charge in [-0.05, 0) is 111 Å². The first-order chi connectivity index (χ1) is 22.3. The highest BCUT2D eigenvalue weighted by molar-refractivity contribution is 6.31. The Morgan fingerprint density at radius 2 is 1.53 bits per heavy atom. The molecular weight excluding hydrogens is 647 g/mol. The van der Waals surface area contributed by atoms with Crippen molar-refractivity contribution < 1.29 is 9.53 Å². The number of carbonyl (C=O) groups is 1.